The minimum Gasteiger partial charge on any atom is -0.248 e. The molecule has 3 nitrogen and oxygen atoms in total. The highest BCUT2D eigenvalue weighted by Gasteiger charge is 2.46. The third kappa shape index (κ3) is 4.82. The Morgan fingerprint density at radius 2 is 0.675 bits per heavy atom. The summed E-state index contributed by atoms with van der Waals surface area (Å²) in [5.74, 6) is 0.826. The number of aliphatic imine (C=N–C) groups is 1. The lowest BCUT2D eigenvalue weighted by atomic mass is 10.1. The van der Waals surface area contributed by atoms with Crippen molar-refractivity contribution in [2.24, 2.45) is 4.99 Å². The van der Waals surface area contributed by atoms with Crippen molar-refractivity contribution in [3.8, 4) is 0 Å². The van der Waals surface area contributed by atoms with Gasteiger partial charge in [-0.15, -0.1) is 0 Å². The van der Waals surface area contributed by atoms with Gasteiger partial charge in [0.25, 0.3) is 0 Å². The smallest absolute Gasteiger partial charge is 0.248 e. The number of hydrogen-bond acceptors (Lipinski definition) is 1. The Morgan fingerprint density at radius 1 is 0.375 bits per heavy atom. The number of rotatable bonds is 6. The molecule has 6 rings (SSSR count). The molecule has 6 aromatic rings. The van der Waals surface area contributed by atoms with Gasteiger partial charge in [0.05, 0.1) is 17.1 Å². The molecular weight excluding hydrogens is 486 g/mol. The molecule has 0 radical (unpaired) electrons. The Hall–Kier alpha value is -5.25. The van der Waals surface area contributed by atoms with Crippen LogP contribution in [0.4, 0.5) is 34.1 Å². The molecule has 0 spiro atoms. The summed E-state index contributed by atoms with van der Waals surface area (Å²) in [6.45, 7) is 0. The van der Waals surface area contributed by atoms with E-state index in [0.29, 0.717) is 0 Å². The molecular formula is C37H30N3+. The Labute approximate surface area is 236 Å². The summed E-state index contributed by atoms with van der Waals surface area (Å²) in [5, 5.41) is 0. The lowest BCUT2D eigenvalue weighted by Crippen LogP contribution is -2.52. The summed E-state index contributed by atoms with van der Waals surface area (Å²) in [6.07, 6.45) is 0. The summed E-state index contributed by atoms with van der Waals surface area (Å²) in [4.78, 5) is 7.81. The normalized spacial score (nSPS) is 11.7. The van der Waals surface area contributed by atoms with Crippen molar-refractivity contribution in [3.05, 3.63) is 182 Å². The topological polar surface area (TPSA) is 15.6 Å². The molecule has 3 heteroatoms. The van der Waals surface area contributed by atoms with Gasteiger partial charge < -0.3 is 0 Å². The predicted molar refractivity (Wildman–Crippen MR) is 169 cm³/mol. The molecule has 0 aromatic heterocycles. The molecule has 0 bridgehead atoms. The van der Waals surface area contributed by atoms with E-state index in [-0.39, 0.29) is 4.48 Å². The van der Waals surface area contributed by atoms with Crippen molar-refractivity contribution in [2.45, 2.75) is 0 Å². The van der Waals surface area contributed by atoms with Crippen molar-refractivity contribution in [2.75, 3.05) is 4.90 Å². The van der Waals surface area contributed by atoms with E-state index in [2.05, 4.69) is 157 Å². The quantitative estimate of drug-likeness (QED) is 0.122. The number of nitrogens with zero attached hydrogens (tertiary/aromatic N) is 3. The summed E-state index contributed by atoms with van der Waals surface area (Å²) in [7, 11) is 0. The zero-order valence-corrected chi connectivity index (χ0v) is 22.2. The van der Waals surface area contributed by atoms with E-state index in [4.69, 9.17) is 4.99 Å². The van der Waals surface area contributed by atoms with E-state index in [1.165, 1.54) is 0 Å². The first-order valence-corrected chi connectivity index (χ1v) is 13.5. The minimum absolute atomic E-state index is 0.265. The monoisotopic (exact) mass is 516 g/mol. The Balaban J connectivity index is 1.80. The van der Waals surface area contributed by atoms with Gasteiger partial charge in [-0.3, -0.25) is 0 Å². The summed E-state index contributed by atoms with van der Waals surface area (Å²) < 4.78 is 0.265. The van der Waals surface area contributed by atoms with Crippen molar-refractivity contribution < 1.29 is 0 Å². The van der Waals surface area contributed by atoms with Gasteiger partial charge in [-0.25, -0.2) is 4.90 Å². The molecule has 0 amide bonds. The van der Waals surface area contributed by atoms with E-state index < -0.39 is 0 Å². The lowest BCUT2D eigenvalue weighted by Gasteiger charge is -2.41. The number of anilines is 2. The fourth-order valence-corrected chi connectivity index (χ4v) is 5.18. The number of hydrogen-bond donors (Lipinski definition) is 0. The van der Waals surface area contributed by atoms with E-state index in [0.717, 1.165) is 40.1 Å². The van der Waals surface area contributed by atoms with Crippen LogP contribution in [0.2, 0.25) is 0 Å². The van der Waals surface area contributed by atoms with E-state index in [1.807, 2.05) is 30.3 Å². The maximum Gasteiger partial charge on any atom is 0.330 e. The third-order valence-corrected chi connectivity index (χ3v) is 6.94. The average molecular weight is 517 g/mol. The van der Waals surface area contributed by atoms with E-state index >= 15 is 0 Å². The lowest BCUT2D eigenvalue weighted by molar-refractivity contribution is 0.732. The molecule has 192 valence electrons. The first-order chi connectivity index (χ1) is 19.9. The van der Waals surface area contributed by atoms with Crippen molar-refractivity contribution >= 4 is 40.1 Å². The van der Waals surface area contributed by atoms with Gasteiger partial charge >= 0.3 is 5.96 Å². The number of quaternary nitrogens is 1. The van der Waals surface area contributed by atoms with E-state index in [9.17, 15) is 0 Å². The van der Waals surface area contributed by atoms with E-state index in [1.54, 1.807) is 0 Å². The van der Waals surface area contributed by atoms with Crippen molar-refractivity contribution in [3.63, 3.8) is 0 Å². The van der Waals surface area contributed by atoms with Crippen LogP contribution in [0, 0.1) is 0 Å². The van der Waals surface area contributed by atoms with Crippen molar-refractivity contribution in [1.82, 2.24) is 4.48 Å². The molecule has 0 aliphatic carbocycles. The highest BCUT2D eigenvalue weighted by atomic mass is 15.5. The van der Waals surface area contributed by atoms with Crippen LogP contribution in [0.1, 0.15) is 0 Å². The summed E-state index contributed by atoms with van der Waals surface area (Å²) in [5.41, 5.74) is 6.14. The van der Waals surface area contributed by atoms with Gasteiger partial charge in [0.2, 0.25) is 0 Å². The first kappa shape index (κ1) is 25.1. The highest BCUT2D eigenvalue weighted by Crippen LogP contribution is 2.47. The number of para-hydroxylation sites is 6. The standard InChI is InChI=1S/C37H30N3/c1-7-19-31(20-8-1)38-37(39(32-21-9-2-10-22-32)33-23-11-3-12-24-33)40(34-25-13-4-14-26-34,35-27-15-5-16-28-35)36-29-17-6-18-30-36/h1-30H/q+1. The van der Waals surface area contributed by atoms with Crippen LogP contribution in [-0.4, -0.2) is 5.96 Å². The molecule has 0 saturated carbocycles. The van der Waals surface area contributed by atoms with Gasteiger partial charge in [0, 0.05) is 36.4 Å². The molecule has 0 atom stereocenters. The zero-order valence-electron chi connectivity index (χ0n) is 22.2. The number of guanidine groups is 1. The first-order valence-electron chi connectivity index (χ1n) is 13.5. The molecule has 0 aliphatic heterocycles. The van der Waals surface area contributed by atoms with Crippen molar-refractivity contribution in [1.29, 1.82) is 0 Å². The largest absolute Gasteiger partial charge is 0.330 e. The summed E-state index contributed by atoms with van der Waals surface area (Å²) >= 11 is 0. The van der Waals surface area contributed by atoms with Gasteiger partial charge in [0.15, 0.2) is 17.1 Å². The second-order valence-corrected chi connectivity index (χ2v) is 9.43. The fourth-order valence-electron chi connectivity index (χ4n) is 5.18. The molecule has 0 N–H and O–H groups in total. The molecule has 0 saturated heterocycles. The van der Waals surface area contributed by atoms with Crippen LogP contribution in [0.25, 0.3) is 0 Å². The molecule has 0 heterocycles. The SMILES string of the molecule is c1ccc(N=C(N(c2ccccc2)c2ccccc2)[N+](c2ccccc2)(c2ccccc2)c2ccccc2)cc1. The van der Waals surface area contributed by atoms with Crippen LogP contribution < -0.4 is 9.38 Å². The minimum atomic E-state index is 0.265. The Kier molecular flexibility index (Phi) is 7.29. The van der Waals surface area contributed by atoms with Gasteiger partial charge in [0.1, 0.15) is 0 Å². The molecule has 6 aromatic carbocycles. The van der Waals surface area contributed by atoms with Gasteiger partial charge in [-0.2, -0.15) is 9.48 Å². The molecule has 0 fully saturated rings. The fraction of sp³-hybridized carbons (Fsp3) is 0. The average Bonchev–Trinajstić information content (AvgIpc) is 3.05. The molecule has 40 heavy (non-hydrogen) atoms. The second kappa shape index (κ2) is 11.6. The number of benzene rings is 6. The van der Waals surface area contributed by atoms with Crippen LogP contribution in [0.3, 0.4) is 0 Å². The second-order valence-electron chi connectivity index (χ2n) is 9.43. The maximum absolute atomic E-state index is 5.53. The maximum atomic E-state index is 5.53. The summed E-state index contributed by atoms with van der Waals surface area (Å²) in [6, 6.07) is 63.1. The van der Waals surface area contributed by atoms with Crippen LogP contribution in [0.5, 0.6) is 0 Å². The highest BCUT2D eigenvalue weighted by molar-refractivity contribution is 6.16. The molecule has 0 unspecified atom stereocenters. The van der Waals surface area contributed by atoms with Crippen LogP contribution in [0.15, 0.2) is 187 Å². The third-order valence-electron chi connectivity index (χ3n) is 6.94. The Morgan fingerprint density at radius 3 is 1.02 bits per heavy atom. The van der Waals surface area contributed by atoms with Gasteiger partial charge in [-0.05, 0) is 36.4 Å². The predicted octanol–water partition coefficient (Wildman–Crippen LogP) is 10.2. The van der Waals surface area contributed by atoms with Crippen LogP contribution >= 0.6 is 0 Å². The Bertz CT molecular complexity index is 1520. The zero-order chi connectivity index (χ0) is 27.0. The van der Waals surface area contributed by atoms with Crippen LogP contribution in [-0.2, 0) is 0 Å². The van der Waals surface area contributed by atoms with Gasteiger partial charge in [-0.1, -0.05) is 109 Å². The molecule has 0 aliphatic rings.